The first-order valence-corrected chi connectivity index (χ1v) is 42.7. The highest BCUT2D eigenvalue weighted by Crippen LogP contribution is 2.60. The Balaban J connectivity index is 0.000000142. The van der Waals surface area contributed by atoms with Gasteiger partial charge in [-0.2, -0.15) is 0 Å². The SMILES string of the molecule is CC1(C)c2ccccc2-c2c(-c3c4ccccc4c(-c4cccc(-c5cc6ccccc6c6ccccc56)c4)c4ccc(-c5ccccc5)cc34)cccc21.CC1(C)c2ccccc2-c2ccc(-c3ccc4c(c3)C(C)(C)c3cc(-c5c6ccccc6c(-c6cccc7c6-c6ccccc6C7(C)C)c6cc(-c7ccccc7)ccc56)ccc3-4)cc21. The maximum absolute atomic E-state index is 2.52. The molecule has 20 aromatic rings. The van der Waals surface area contributed by atoms with Crippen molar-refractivity contribution in [3.63, 3.8) is 0 Å². The quantitative estimate of drug-likeness (QED) is 0.105. The molecule has 0 atom stereocenters. The smallest absolute Gasteiger partial charge is 0.0159 e. The molecule has 0 unspecified atom stereocenters. The summed E-state index contributed by atoms with van der Waals surface area (Å²) >= 11 is 0. The van der Waals surface area contributed by atoms with Gasteiger partial charge in [-0.05, 0) is 285 Å². The lowest BCUT2D eigenvalue weighted by molar-refractivity contribution is 0.659. The van der Waals surface area contributed by atoms with Crippen molar-refractivity contribution in [1.29, 1.82) is 0 Å². The summed E-state index contributed by atoms with van der Waals surface area (Å²) in [4.78, 5) is 0. The summed E-state index contributed by atoms with van der Waals surface area (Å²) in [6, 6.07) is 146. The molecule has 0 heterocycles. The van der Waals surface area contributed by atoms with E-state index < -0.39 is 0 Å². The van der Waals surface area contributed by atoms with Crippen LogP contribution in [0.5, 0.6) is 0 Å². The van der Waals surface area contributed by atoms with Crippen molar-refractivity contribution < 1.29 is 0 Å². The number of fused-ring (bicyclic) bond motifs is 19. The van der Waals surface area contributed by atoms with Gasteiger partial charge in [0.1, 0.15) is 0 Å². The van der Waals surface area contributed by atoms with Gasteiger partial charge in [-0.25, -0.2) is 0 Å². The van der Waals surface area contributed by atoms with Crippen LogP contribution in [0.25, 0.3) is 198 Å². The Labute approximate surface area is 703 Å². The van der Waals surface area contributed by atoms with E-state index in [2.05, 4.69) is 444 Å². The Kier molecular flexibility index (Phi) is 15.9. The zero-order valence-corrected chi connectivity index (χ0v) is 69.0. The van der Waals surface area contributed by atoms with Crippen molar-refractivity contribution in [2.45, 2.75) is 77.0 Å². The second-order valence-electron chi connectivity index (χ2n) is 36.0. The van der Waals surface area contributed by atoms with Crippen molar-refractivity contribution in [2.75, 3.05) is 0 Å². The number of rotatable bonds is 8. The van der Waals surface area contributed by atoms with Gasteiger partial charge >= 0.3 is 0 Å². The van der Waals surface area contributed by atoms with Crippen molar-refractivity contribution in [3.8, 4) is 134 Å². The minimum Gasteiger partial charge on any atom is -0.0622 e. The normalized spacial score (nSPS) is 14.3. The highest BCUT2D eigenvalue weighted by molar-refractivity contribution is 6.26. The van der Waals surface area contributed by atoms with Gasteiger partial charge in [-0.15, -0.1) is 0 Å². The molecule has 0 saturated heterocycles. The molecule has 0 bridgehead atoms. The molecule has 0 heteroatoms. The van der Waals surface area contributed by atoms with E-state index in [0.29, 0.717) is 0 Å². The molecule has 0 fully saturated rings. The third-order valence-corrected chi connectivity index (χ3v) is 28.1. The summed E-state index contributed by atoms with van der Waals surface area (Å²) in [6.07, 6.45) is 0. The zero-order chi connectivity index (χ0) is 80.7. The van der Waals surface area contributed by atoms with Crippen molar-refractivity contribution in [2.24, 2.45) is 0 Å². The summed E-state index contributed by atoms with van der Waals surface area (Å²) in [5.41, 5.74) is 41.8. The summed E-state index contributed by atoms with van der Waals surface area (Å²) in [5, 5.41) is 15.3. The Hall–Kier alpha value is -14.0. The fourth-order valence-corrected chi connectivity index (χ4v) is 22.2. The molecule has 20 aromatic carbocycles. The van der Waals surface area contributed by atoms with E-state index in [1.165, 1.54) is 243 Å². The van der Waals surface area contributed by atoms with Gasteiger partial charge in [0.2, 0.25) is 0 Å². The Morgan fingerprint density at radius 1 is 0.125 bits per heavy atom. The zero-order valence-electron chi connectivity index (χ0n) is 69.0. The number of hydrogen-bond donors (Lipinski definition) is 0. The molecule has 120 heavy (non-hydrogen) atoms. The van der Waals surface area contributed by atoms with Crippen LogP contribution >= 0.6 is 0 Å². The lowest BCUT2D eigenvalue weighted by Crippen LogP contribution is -2.15. The van der Waals surface area contributed by atoms with Crippen LogP contribution in [0.1, 0.15) is 99.9 Å². The first-order valence-electron chi connectivity index (χ1n) is 42.7. The summed E-state index contributed by atoms with van der Waals surface area (Å²) in [6.45, 7) is 19.1. The maximum atomic E-state index is 2.52. The van der Waals surface area contributed by atoms with Crippen LogP contribution in [-0.2, 0) is 21.7 Å². The molecule has 0 aromatic heterocycles. The largest absolute Gasteiger partial charge is 0.0622 e. The molecule has 4 aliphatic carbocycles. The van der Waals surface area contributed by atoms with E-state index in [1.807, 2.05) is 0 Å². The van der Waals surface area contributed by atoms with Crippen LogP contribution in [0, 0.1) is 0 Å². The van der Waals surface area contributed by atoms with Gasteiger partial charge < -0.3 is 0 Å². The van der Waals surface area contributed by atoms with Crippen molar-refractivity contribution in [1.82, 2.24) is 0 Å². The molecule has 0 spiro atoms. The summed E-state index contributed by atoms with van der Waals surface area (Å²) in [5.74, 6) is 0. The molecule has 0 radical (unpaired) electrons. The van der Waals surface area contributed by atoms with E-state index in [4.69, 9.17) is 0 Å². The molecule has 0 N–H and O–H groups in total. The number of hydrogen-bond acceptors (Lipinski definition) is 0. The van der Waals surface area contributed by atoms with Gasteiger partial charge in [0.05, 0.1) is 0 Å². The third-order valence-electron chi connectivity index (χ3n) is 28.1. The van der Waals surface area contributed by atoms with Gasteiger partial charge in [-0.3, -0.25) is 0 Å². The van der Waals surface area contributed by atoms with Crippen molar-refractivity contribution in [3.05, 3.63) is 433 Å². The number of benzene rings is 20. The predicted molar refractivity (Wildman–Crippen MR) is 512 cm³/mol. The standard InChI is InChI=1S/C65H50.C55H38/c1-63(2)55-25-15-13-22-51(55)62-52(23-16-26-56(62)63)61-49-21-11-10-20-48(49)60(50-34-29-40(35-53(50)61)39-17-8-7-9-18-39)43-30-33-47-46-32-28-42(37-58(46)65(5,6)59(47)38-43)41-27-31-45-44-19-12-14-24-54(44)64(3,4)57(45)36-41;1-55(2)50-28-13-12-26-46(50)54-47(27-15-29-51(54)55)53-44-25-11-10-24-43(44)52(45-31-30-36(33-49(45)53)35-16-4-3-5-17-35)39-20-14-19-37(32-39)48-34-38-18-6-7-21-40(38)41-22-8-9-23-42(41)48/h7-38H,1-6H3;3-34H,1-2H3. The summed E-state index contributed by atoms with van der Waals surface area (Å²) in [7, 11) is 0. The Morgan fingerprint density at radius 3 is 0.925 bits per heavy atom. The molecule has 568 valence electrons. The second kappa shape index (κ2) is 26.7. The molecule has 0 aliphatic heterocycles. The molecule has 0 nitrogen and oxygen atoms in total. The monoisotopic (exact) mass is 1530 g/mol. The van der Waals surface area contributed by atoms with Gasteiger partial charge in [0.15, 0.2) is 0 Å². The average molecular weight is 1530 g/mol. The van der Waals surface area contributed by atoms with Gasteiger partial charge in [-0.1, -0.05) is 401 Å². The van der Waals surface area contributed by atoms with Gasteiger partial charge in [0.25, 0.3) is 0 Å². The van der Waals surface area contributed by atoms with Crippen molar-refractivity contribution >= 4 is 64.6 Å². The maximum Gasteiger partial charge on any atom is 0.0159 e. The Bertz CT molecular complexity index is 7750. The first kappa shape index (κ1) is 71.3. The lowest BCUT2D eigenvalue weighted by atomic mass is 9.79. The minimum absolute atomic E-state index is 0.0380. The van der Waals surface area contributed by atoms with E-state index in [9.17, 15) is 0 Å². The van der Waals surface area contributed by atoms with Crippen LogP contribution in [0.4, 0.5) is 0 Å². The molecule has 24 rings (SSSR count). The first-order chi connectivity index (χ1) is 58.6. The van der Waals surface area contributed by atoms with Crippen LogP contribution in [0.3, 0.4) is 0 Å². The van der Waals surface area contributed by atoms with Crippen LogP contribution in [-0.4, -0.2) is 0 Å². The second-order valence-corrected chi connectivity index (χ2v) is 36.0. The fourth-order valence-electron chi connectivity index (χ4n) is 22.2. The summed E-state index contributed by atoms with van der Waals surface area (Å²) < 4.78 is 0. The average Bonchev–Trinajstić information content (AvgIpc) is 1.55. The molecular formula is C120H88. The predicted octanol–water partition coefficient (Wildman–Crippen LogP) is 32.9. The molecule has 0 amide bonds. The topological polar surface area (TPSA) is 0 Å². The highest BCUT2D eigenvalue weighted by Gasteiger charge is 2.42. The minimum atomic E-state index is -0.195. The fraction of sp³-hybridized carbons (Fsp3) is 0.100. The van der Waals surface area contributed by atoms with E-state index >= 15 is 0 Å². The Morgan fingerprint density at radius 2 is 0.425 bits per heavy atom. The van der Waals surface area contributed by atoms with E-state index in [0.717, 1.165) is 0 Å². The van der Waals surface area contributed by atoms with Crippen LogP contribution in [0.15, 0.2) is 388 Å². The van der Waals surface area contributed by atoms with Gasteiger partial charge in [0, 0.05) is 21.7 Å². The lowest BCUT2D eigenvalue weighted by Gasteiger charge is -2.24. The highest BCUT2D eigenvalue weighted by atomic mass is 14.4. The van der Waals surface area contributed by atoms with Crippen LogP contribution in [0.2, 0.25) is 0 Å². The molecule has 0 saturated carbocycles. The van der Waals surface area contributed by atoms with E-state index in [-0.39, 0.29) is 21.7 Å². The van der Waals surface area contributed by atoms with Crippen LogP contribution < -0.4 is 0 Å². The molecule has 4 aliphatic rings. The third kappa shape index (κ3) is 10.6. The molecular weight excluding hydrogens is 1440 g/mol. The van der Waals surface area contributed by atoms with E-state index in [1.54, 1.807) is 0 Å².